The van der Waals surface area contributed by atoms with Gasteiger partial charge in [0.25, 0.3) is 0 Å². The molecule has 3 atom stereocenters. The summed E-state index contributed by atoms with van der Waals surface area (Å²) >= 11 is 0. The zero-order chi connectivity index (χ0) is 11.8. The summed E-state index contributed by atoms with van der Waals surface area (Å²) in [4.78, 5) is 14.2. The van der Waals surface area contributed by atoms with Crippen molar-refractivity contribution in [3.8, 4) is 0 Å². The van der Waals surface area contributed by atoms with Crippen molar-refractivity contribution < 1.29 is 4.79 Å². The first-order valence-corrected chi connectivity index (χ1v) is 7.20. The number of rotatable bonds is 2. The fraction of sp³-hybridized carbons (Fsp3) is 0.800. The Hall–Kier alpha value is -0.790. The number of hydrogen-bond acceptors (Lipinski definition) is 2. The molecule has 0 aromatic rings. The molecule has 0 aliphatic heterocycles. The molecule has 0 N–H and O–H groups in total. The topological polar surface area (TPSA) is 20.3 Å². The van der Waals surface area contributed by atoms with E-state index < -0.39 is 0 Å². The van der Waals surface area contributed by atoms with Crippen LogP contribution in [0.3, 0.4) is 0 Å². The maximum Gasteiger partial charge on any atom is 0.160 e. The van der Waals surface area contributed by atoms with Gasteiger partial charge in [-0.05, 0) is 50.4 Å². The predicted molar refractivity (Wildman–Crippen MR) is 68.6 cm³/mol. The zero-order valence-electron chi connectivity index (χ0n) is 10.8. The minimum absolute atomic E-state index is 0.395. The van der Waals surface area contributed by atoms with E-state index in [0.717, 1.165) is 42.7 Å². The number of nitrogens with zero attached hydrogens (tertiary/aromatic N) is 1. The molecule has 3 saturated carbocycles. The number of carbonyl (C=O) groups excluding carboxylic acids is 1. The van der Waals surface area contributed by atoms with Crippen LogP contribution in [-0.2, 0) is 4.79 Å². The molecule has 3 aliphatic rings. The van der Waals surface area contributed by atoms with Crippen LogP contribution in [0.1, 0.15) is 51.4 Å². The molecule has 3 aliphatic carbocycles. The van der Waals surface area contributed by atoms with E-state index in [2.05, 4.69) is 18.1 Å². The van der Waals surface area contributed by atoms with E-state index in [1.807, 2.05) is 0 Å². The van der Waals surface area contributed by atoms with Gasteiger partial charge in [-0.3, -0.25) is 4.79 Å². The molecular formula is C15H23NO. The van der Waals surface area contributed by atoms with E-state index in [0.29, 0.717) is 5.78 Å². The zero-order valence-corrected chi connectivity index (χ0v) is 10.8. The van der Waals surface area contributed by atoms with Crippen LogP contribution in [0.2, 0.25) is 0 Å². The molecule has 17 heavy (non-hydrogen) atoms. The Morgan fingerprint density at radius 3 is 2.65 bits per heavy atom. The van der Waals surface area contributed by atoms with E-state index in [1.165, 1.54) is 32.1 Å². The standard InChI is InChI=1S/C15H23NO/c1-16(10-13-4-2-3-5-15(13)17)14-9-11-6-7-12(14)8-11/h10-12,14H,2-9H2,1H3/b13-10+/t11-,12+,14+/m1/s1. The van der Waals surface area contributed by atoms with Crippen LogP contribution in [0.25, 0.3) is 0 Å². The Morgan fingerprint density at radius 2 is 2.00 bits per heavy atom. The minimum Gasteiger partial charge on any atom is -0.377 e. The van der Waals surface area contributed by atoms with Crippen molar-refractivity contribution in [2.75, 3.05) is 7.05 Å². The molecule has 0 radical (unpaired) electrons. The molecule has 0 saturated heterocycles. The average Bonchev–Trinajstić information content (AvgIpc) is 2.94. The van der Waals surface area contributed by atoms with E-state index in [9.17, 15) is 4.79 Å². The normalized spacial score (nSPS) is 39.0. The lowest BCUT2D eigenvalue weighted by atomic mass is 9.92. The van der Waals surface area contributed by atoms with E-state index in [1.54, 1.807) is 0 Å². The summed E-state index contributed by atoms with van der Waals surface area (Å²) in [5, 5.41) is 0. The lowest BCUT2D eigenvalue weighted by Crippen LogP contribution is -2.33. The summed E-state index contributed by atoms with van der Waals surface area (Å²) in [7, 11) is 2.18. The second-order valence-electron chi connectivity index (χ2n) is 6.19. The fourth-order valence-electron chi connectivity index (χ4n) is 4.09. The summed E-state index contributed by atoms with van der Waals surface area (Å²) in [5.74, 6) is 2.28. The third-order valence-corrected chi connectivity index (χ3v) is 5.04. The Kier molecular flexibility index (Phi) is 2.97. The molecule has 3 rings (SSSR count). The lowest BCUT2D eigenvalue weighted by molar-refractivity contribution is -0.116. The molecule has 0 aromatic heterocycles. The SMILES string of the molecule is CN(/C=C1\CCCCC1=O)[C@H]1C[C@@H]2CC[C@H]1C2. The smallest absolute Gasteiger partial charge is 0.160 e. The molecule has 0 aromatic carbocycles. The van der Waals surface area contributed by atoms with E-state index >= 15 is 0 Å². The molecule has 0 spiro atoms. The molecule has 0 unspecified atom stereocenters. The number of fused-ring (bicyclic) bond motifs is 2. The highest BCUT2D eigenvalue weighted by Crippen LogP contribution is 2.46. The van der Waals surface area contributed by atoms with Crippen LogP contribution < -0.4 is 0 Å². The molecule has 2 bridgehead atoms. The molecular weight excluding hydrogens is 210 g/mol. The summed E-state index contributed by atoms with van der Waals surface area (Å²) < 4.78 is 0. The van der Waals surface area contributed by atoms with E-state index in [4.69, 9.17) is 0 Å². The number of Topliss-reactive ketones (excluding diaryl/α,β-unsaturated/α-hetero) is 1. The third-order valence-electron chi connectivity index (χ3n) is 5.04. The van der Waals surface area contributed by atoms with Crippen molar-refractivity contribution in [1.82, 2.24) is 4.90 Å². The Morgan fingerprint density at radius 1 is 1.18 bits per heavy atom. The first-order valence-electron chi connectivity index (χ1n) is 7.20. The van der Waals surface area contributed by atoms with Gasteiger partial charge in [-0.1, -0.05) is 6.42 Å². The molecule has 2 nitrogen and oxygen atoms in total. The molecule has 0 heterocycles. The van der Waals surface area contributed by atoms with Gasteiger partial charge in [0.05, 0.1) is 0 Å². The quantitative estimate of drug-likeness (QED) is 0.683. The Labute approximate surface area is 104 Å². The first-order chi connectivity index (χ1) is 8.24. The highest BCUT2D eigenvalue weighted by atomic mass is 16.1. The van der Waals surface area contributed by atoms with Crippen molar-refractivity contribution >= 4 is 5.78 Å². The number of hydrogen-bond donors (Lipinski definition) is 0. The minimum atomic E-state index is 0.395. The lowest BCUT2D eigenvalue weighted by Gasteiger charge is -2.31. The average molecular weight is 233 g/mol. The molecule has 0 amide bonds. The summed E-state index contributed by atoms with van der Waals surface area (Å²) in [5.41, 5.74) is 1.08. The Balaban J connectivity index is 1.68. The van der Waals surface area contributed by atoms with Crippen molar-refractivity contribution in [3.05, 3.63) is 11.8 Å². The highest BCUT2D eigenvalue weighted by Gasteiger charge is 2.40. The number of ketones is 1. The van der Waals surface area contributed by atoms with Crippen molar-refractivity contribution in [2.24, 2.45) is 11.8 Å². The second-order valence-corrected chi connectivity index (χ2v) is 6.19. The van der Waals surface area contributed by atoms with Crippen molar-refractivity contribution in [3.63, 3.8) is 0 Å². The third kappa shape index (κ3) is 2.14. The van der Waals surface area contributed by atoms with Crippen molar-refractivity contribution in [1.29, 1.82) is 0 Å². The van der Waals surface area contributed by atoms with Crippen LogP contribution in [0.4, 0.5) is 0 Å². The van der Waals surface area contributed by atoms with Gasteiger partial charge >= 0.3 is 0 Å². The number of carbonyl (C=O) groups is 1. The predicted octanol–water partition coefficient (Wildman–Crippen LogP) is 3.13. The van der Waals surface area contributed by atoms with Gasteiger partial charge in [0.15, 0.2) is 5.78 Å². The fourth-order valence-corrected chi connectivity index (χ4v) is 4.09. The van der Waals surface area contributed by atoms with Gasteiger partial charge in [-0.15, -0.1) is 0 Å². The molecule has 94 valence electrons. The van der Waals surface area contributed by atoms with Gasteiger partial charge in [-0.25, -0.2) is 0 Å². The van der Waals surface area contributed by atoms with Gasteiger partial charge in [0.1, 0.15) is 0 Å². The molecule has 2 heteroatoms. The molecule has 3 fully saturated rings. The van der Waals surface area contributed by atoms with Crippen LogP contribution in [0.15, 0.2) is 11.8 Å². The van der Waals surface area contributed by atoms with Crippen molar-refractivity contribution in [2.45, 2.75) is 57.4 Å². The monoisotopic (exact) mass is 233 g/mol. The summed E-state index contributed by atoms with van der Waals surface area (Å²) in [6.07, 6.45) is 11.9. The van der Waals surface area contributed by atoms with Gasteiger partial charge in [-0.2, -0.15) is 0 Å². The maximum atomic E-state index is 11.8. The largest absolute Gasteiger partial charge is 0.377 e. The van der Waals surface area contributed by atoms with E-state index in [-0.39, 0.29) is 0 Å². The second kappa shape index (κ2) is 4.47. The van der Waals surface area contributed by atoms with Crippen LogP contribution in [-0.4, -0.2) is 23.8 Å². The van der Waals surface area contributed by atoms with Crippen LogP contribution >= 0.6 is 0 Å². The summed E-state index contributed by atoms with van der Waals surface area (Å²) in [6, 6.07) is 0.718. The Bertz CT molecular complexity index is 347. The highest BCUT2D eigenvalue weighted by molar-refractivity contribution is 5.95. The van der Waals surface area contributed by atoms with Crippen LogP contribution in [0, 0.1) is 11.8 Å². The summed E-state index contributed by atoms with van der Waals surface area (Å²) in [6.45, 7) is 0. The number of allylic oxidation sites excluding steroid dienone is 1. The van der Waals surface area contributed by atoms with Gasteiger partial charge < -0.3 is 4.90 Å². The van der Waals surface area contributed by atoms with Gasteiger partial charge in [0, 0.05) is 31.3 Å². The van der Waals surface area contributed by atoms with Crippen LogP contribution in [0.5, 0.6) is 0 Å². The van der Waals surface area contributed by atoms with Gasteiger partial charge in [0.2, 0.25) is 0 Å². The maximum absolute atomic E-state index is 11.8. The first kappa shape index (κ1) is 11.3.